The minimum atomic E-state index is -1.05. The number of nitrogens with zero attached hydrogens (tertiary/aromatic N) is 9. The maximum Gasteiger partial charge on any atom is 0.348 e. The summed E-state index contributed by atoms with van der Waals surface area (Å²) in [5, 5.41) is 25.3. The molecule has 2 aliphatic heterocycles. The summed E-state index contributed by atoms with van der Waals surface area (Å²) in [4.78, 5) is 19.8. The Labute approximate surface area is 106 Å². The smallest absolute Gasteiger partial charge is 0.348 e. The molecule has 1 atom stereocenters. The summed E-state index contributed by atoms with van der Waals surface area (Å²) in [5.74, 6) is -0.225. The predicted molar refractivity (Wildman–Crippen MR) is 63.1 cm³/mol. The van der Waals surface area contributed by atoms with Crippen LogP contribution in [0.3, 0.4) is 0 Å². The van der Waals surface area contributed by atoms with Gasteiger partial charge in [0, 0.05) is 0 Å². The third-order valence-electron chi connectivity index (χ3n) is 1.63. The van der Waals surface area contributed by atoms with E-state index in [0.717, 1.165) is 0 Å². The molecule has 12 nitrogen and oxygen atoms in total. The summed E-state index contributed by atoms with van der Waals surface area (Å²) in [7, 11) is 0. The van der Waals surface area contributed by atoms with Crippen LogP contribution in [0.2, 0.25) is 0 Å². The van der Waals surface area contributed by atoms with Gasteiger partial charge in [-0.2, -0.15) is 4.91 Å². The fraction of sp³-hybridized carbons (Fsp3) is 0.286. The van der Waals surface area contributed by atoms with Crippen LogP contribution in [0, 0.1) is 0 Å². The van der Waals surface area contributed by atoms with E-state index in [4.69, 9.17) is 10.6 Å². The molecule has 19 heavy (non-hydrogen) atoms. The van der Waals surface area contributed by atoms with Crippen LogP contribution in [-0.2, 0) is 4.79 Å². The molecule has 2 aliphatic rings. The van der Waals surface area contributed by atoms with Gasteiger partial charge >= 0.3 is 5.97 Å². The molecule has 0 spiro atoms. The molecule has 0 fully saturated rings. The van der Waals surface area contributed by atoms with Crippen LogP contribution in [0.5, 0.6) is 0 Å². The van der Waals surface area contributed by atoms with Crippen molar-refractivity contribution in [2.24, 2.45) is 35.7 Å². The lowest BCUT2D eigenvalue weighted by atomic mass is 10.4. The first-order chi connectivity index (χ1) is 9.15. The van der Waals surface area contributed by atoms with Crippen molar-refractivity contribution in [3.8, 4) is 0 Å². The molecule has 0 saturated heterocycles. The number of hydrogen-bond acceptors (Lipinski definition) is 8. The average Bonchev–Trinajstić information content (AvgIpc) is 3.07. The maximum absolute atomic E-state index is 9.96. The molecule has 0 aliphatic carbocycles. The minimum Gasteiger partial charge on any atom is -0.478 e. The second kappa shape index (κ2) is 7.24. The number of nitrogens with one attached hydrogen (secondary N) is 1. The third kappa shape index (κ3) is 4.70. The van der Waals surface area contributed by atoms with Crippen LogP contribution in [0.25, 0.3) is 10.4 Å². The highest BCUT2D eigenvalue weighted by atomic mass is 16.4. The zero-order valence-corrected chi connectivity index (χ0v) is 9.61. The molecule has 0 unspecified atom stereocenters. The third-order valence-corrected chi connectivity index (χ3v) is 1.63. The molecular weight excluding hydrogens is 256 g/mol. The van der Waals surface area contributed by atoms with Crippen LogP contribution in [-0.4, -0.2) is 29.8 Å². The van der Waals surface area contributed by atoms with Gasteiger partial charge in [-0.25, -0.2) is 20.2 Å². The van der Waals surface area contributed by atoms with Gasteiger partial charge in [-0.15, -0.1) is 26.0 Å². The number of carboxylic acids is 1. The van der Waals surface area contributed by atoms with Crippen LogP contribution in [0.15, 0.2) is 47.3 Å². The van der Waals surface area contributed by atoms with Crippen molar-refractivity contribution in [3.05, 3.63) is 22.1 Å². The van der Waals surface area contributed by atoms with Gasteiger partial charge in [0.1, 0.15) is 12.7 Å². The zero-order chi connectivity index (χ0) is 14.1. The highest BCUT2D eigenvalue weighted by molar-refractivity contribution is 5.72. The van der Waals surface area contributed by atoms with E-state index >= 15 is 0 Å². The van der Waals surface area contributed by atoms with Gasteiger partial charge in [-0.3, -0.25) is 0 Å². The Hall–Kier alpha value is -3.14. The van der Waals surface area contributed by atoms with Gasteiger partial charge < -0.3 is 5.11 Å². The van der Waals surface area contributed by atoms with E-state index in [9.17, 15) is 4.79 Å². The second-order valence-electron chi connectivity index (χ2n) is 2.95. The number of hydrogen-bond donors (Lipinski definition) is 2. The van der Waals surface area contributed by atoms with E-state index in [2.05, 4.69) is 40.6 Å². The highest BCUT2D eigenvalue weighted by Gasteiger charge is 2.10. The number of azide groups is 1. The van der Waals surface area contributed by atoms with Gasteiger partial charge in [0.05, 0.1) is 0 Å². The van der Waals surface area contributed by atoms with E-state index in [1.165, 1.54) is 19.6 Å². The van der Waals surface area contributed by atoms with E-state index < -0.39 is 12.0 Å². The fourth-order valence-corrected chi connectivity index (χ4v) is 0.746. The van der Waals surface area contributed by atoms with Gasteiger partial charge in [-0.05, 0) is 12.1 Å². The van der Waals surface area contributed by atoms with Crippen molar-refractivity contribution >= 4 is 18.6 Å². The molecule has 0 saturated carbocycles. The Bertz CT molecular complexity index is 480. The first-order valence-electron chi connectivity index (χ1n) is 4.78. The molecule has 0 bridgehead atoms. The van der Waals surface area contributed by atoms with Crippen LogP contribution >= 0.6 is 0 Å². The van der Waals surface area contributed by atoms with Crippen LogP contribution in [0.1, 0.15) is 6.92 Å². The number of carboxylic acid groups (broad SMARTS) is 1. The minimum absolute atomic E-state index is 0.414. The molecule has 0 radical (unpaired) electrons. The Balaban J connectivity index is 0.000000192. The first-order valence-corrected chi connectivity index (χ1v) is 4.78. The summed E-state index contributed by atoms with van der Waals surface area (Å²) in [6, 6.07) is -0.833. The van der Waals surface area contributed by atoms with Gasteiger partial charge in [0.25, 0.3) is 0 Å². The Kier molecular flexibility index (Phi) is 5.30. The van der Waals surface area contributed by atoms with E-state index in [1.54, 1.807) is 0 Å². The van der Waals surface area contributed by atoms with Crippen molar-refractivity contribution < 1.29 is 9.90 Å². The number of carbonyl (C=O) groups is 1. The van der Waals surface area contributed by atoms with Gasteiger partial charge in [0.15, 0.2) is 6.04 Å². The Morgan fingerprint density at radius 2 is 1.89 bits per heavy atom. The SMILES string of the molecule is C1=NC(=C2N=CN=N2)N=N1.C[C@H](NN=[N+]=[N-])C(=O)O. The average molecular weight is 264 g/mol. The summed E-state index contributed by atoms with van der Waals surface area (Å²) >= 11 is 0. The van der Waals surface area contributed by atoms with E-state index in [-0.39, 0.29) is 0 Å². The topological polar surface area (TPSA) is 172 Å². The molecule has 0 aromatic rings. The normalized spacial score (nSPS) is 19.6. The van der Waals surface area contributed by atoms with E-state index in [0.29, 0.717) is 11.6 Å². The van der Waals surface area contributed by atoms with Crippen molar-refractivity contribution in [2.45, 2.75) is 13.0 Å². The van der Waals surface area contributed by atoms with Gasteiger partial charge in [-0.1, -0.05) is 0 Å². The summed E-state index contributed by atoms with van der Waals surface area (Å²) in [5.41, 5.74) is 9.74. The maximum atomic E-state index is 9.96. The predicted octanol–water partition coefficient (Wildman–Crippen LogP) is 1.38. The lowest BCUT2D eigenvalue weighted by molar-refractivity contribution is -0.138. The standard InChI is InChI=1S/C4H2N6.C3H6N4O2/c1-5-3(9-7-1)4-6-2-8-10-4;1-2(3(8)9)5-7-6-4/h1-2H;2,5H,1H3,(H,8,9)/t;2-/m.0/s1. The Morgan fingerprint density at radius 3 is 2.21 bits per heavy atom. The monoisotopic (exact) mass is 264 g/mol. The molecule has 0 aromatic heterocycles. The summed E-state index contributed by atoms with van der Waals surface area (Å²) in [6.07, 6.45) is 2.68. The largest absolute Gasteiger partial charge is 0.478 e. The summed E-state index contributed by atoms with van der Waals surface area (Å²) < 4.78 is 0. The van der Waals surface area contributed by atoms with Crippen molar-refractivity contribution in [1.82, 2.24) is 5.43 Å². The zero-order valence-electron chi connectivity index (χ0n) is 9.61. The summed E-state index contributed by atoms with van der Waals surface area (Å²) in [6.45, 7) is 1.37. The second-order valence-corrected chi connectivity index (χ2v) is 2.95. The highest BCUT2D eigenvalue weighted by Crippen LogP contribution is 2.16. The van der Waals surface area contributed by atoms with Crippen LogP contribution in [0.4, 0.5) is 0 Å². The lowest BCUT2D eigenvalue weighted by Crippen LogP contribution is -2.28. The molecule has 98 valence electrons. The molecule has 0 amide bonds. The van der Waals surface area contributed by atoms with Crippen molar-refractivity contribution in [3.63, 3.8) is 0 Å². The van der Waals surface area contributed by atoms with Crippen LogP contribution < -0.4 is 5.43 Å². The number of azo groups is 2. The van der Waals surface area contributed by atoms with Crippen molar-refractivity contribution in [2.75, 3.05) is 0 Å². The molecule has 2 heterocycles. The molecule has 2 N–H and O–H groups in total. The molecule has 0 aromatic carbocycles. The molecular formula is C7H8N10O2. The van der Waals surface area contributed by atoms with Crippen molar-refractivity contribution in [1.29, 1.82) is 0 Å². The lowest BCUT2D eigenvalue weighted by Gasteiger charge is -1.97. The molecule has 12 heteroatoms. The first kappa shape index (κ1) is 13.9. The fourth-order valence-electron chi connectivity index (χ4n) is 0.746. The Morgan fingerprint density at radius 1 is 1.37 bits per heavy atom. The quantitative estimate of drug-likeness (QED) is 0.339. The molecule has 2 rings (SSSR count). The number of rotatable bonds is 3. The number of aliphatic carboxylic acids is 1. The number of aliphatic imine (C=N–C) groups is 2. The van der Waals surface area contributed by atoms with E-state index in [1.807, 2.05) is 5.43 Å². The van der Waals surface area contributed by atoms with Gasteiger partial charge in [0.2, 0.25) is 11.6 Å².